The van der Waals surface area contributed by atoms with Gasteiger partial charge in [-0.05, 0) is 55.3 Å². The third kappa shape index (κ3) is 5.97. The van der Waals surface area contributed by atoms with Crippen molar-refractivity contribution in [3.8, 4) is 5.75 Å². The number of nitrogens with zero attached hydrogens (tertiary/aromatic N) is 4. The highest BCUT2D eigenvalue weighted by Gasteiger charge is 2.28. The van der Waals surface area contributed by atoms with Crippen molar-refractivity contribution < 1.29 is 9.53 Å². The molecular weight excluding hydrogens is 484 g/mol. The summed E-state index contributed by atoms with van der Waals surface area (Å²) in [7, 11) is 1.70. The zero-order valence-corrected chi connectivity index (χ0v) is 23.2. The minimum atomic E-state index is 0.0596. The van der Waals surface area contributed by atoms with Crippen molar-refractivity contribution in [3.05, 3.63) is 107 Å². The Bertz CT molecular complexity index is 1370. The van der Waals surface area contributed by atoms with Crippen LogP contribution in [0.15, 0.2) is 85.1 Å². The molecule has 5 rings (SSSR count). The van der Waals surface area contributed by atoms with Gasteiger partial charge in [-0.2, -0.15) is 0 Å². The van der Waals surface area contributed by atoms with Crippen LogP contribution >= 0.6 is 0 Å². The number of piperazine rings is 1. The quantitative estimate of drug-likeness (QED) is 0.285. The number of aromatic nitrogens is 1. The SMILES string of the molecule is CCN(CC)C(=O)c1ccc(C(c2cccc3cccnc23)N2CCN(Cc3ccc(OC)cc3)CC2)cc1. The van der Waals surface area contributed by atoms with Gasteiger partial charge in [0.05, 0.1) is 18.7 Å². The van der Waals surface area contributed by atoms with Crippen molar-refractivity contribution in [2.45, 2.75) is 26.4 Å². The standard InChI is InChI=1S/C33H38N4O2/c1-4-36(5-2)33(38)28-15-13-27(14-16-28)32(30-10-6-8-26-9-7-19-34-31(26)30)37-22-20-35(21-23-37)24-25-11-17-29(39-3)18-12-25/h6-19,32H,4-5,20-24H2,1-3H3. The van der Waals surface area contributed by atoms with E-state index in [4.69, 9.17) is 9.72 Å². The summed E-state index contributed by atoms with van der Waals surface area (Å²) in [5.41, 5.74) is 5.47. The molecule has 0 radical (unpaired) electrons. The zero-order chi connectivity index (χ0) is 27.2. The van der Waals surface area contributed by atoms with Crippen LogP contribution in [0.5, 0.6) is 5.75 Å². The lowest BCUT2D eigenvalue weighted by molar-refractivity contribution is 0.0773. The first-order valence-electron chi connectivity index (χ1n) is 13.9. The maximum atomic E-state index is 12.9. The predicted molar refractivity (Wildman–Crippen MR) is 157 cm³/mol. The summed E-state index contributed by atoms with van der Waals surface area (Å²) < 4.78 is 5.31. The van der Waals surface area contributed by atoms with E-state index >= 15 is 0 Å². The summed E-state index contributed by atoms with van der Waals surface area (Å²) in [5, 5.41) is 1.14. The van der Waals surface area contributed by atoms with Crippen LogP contribution in [0.1, 0.15) is 46.9 Å². The molecule has 202 valence electrons. The number of carbonyl (C=O) groups excluding carboxylic acids is 1. The highest BCUT2D eigenvalue weighted by atomic mass is 16.5. The molecule has 4 aromatic rings. The van der Waals surface area contributed by atoms with Crippen LogP contribution in [0.4, 0.5) is 0 Å². The lowest BCUT2D eigenvalue weighted by atomic mass is 9.93. The first-order chi connectivity index (χ1) is 19.1. The lowest BCUT2D eigenvalue weighted by Crippen LogP contribution is -2.47. The topological polar surface area (TPSA) is 48.9 Å². The highest BCUT2D eigenvalue weighted by Crippen LogP contribution is 2.34. The summed E-state index contributed by atoms with van der Waals surface area (Å²) in [6, 6.07) is 27.2. The number of rotatable bonds is 9. The average molecular weight is 523 g/mol. The number of benzene rings is 3. The molecule has 1 aromatic heterocycles. The summed E-state index contributed by atoms with van der Waals surface area (Å²) >= 11 is 0. The lowest BCUT2D eigenvalue weighted by Gasteiger charge is -2.40. The molecule has 6 nitrogen and oxygen atoms in total. The van der Waals surface area contributed by atoms with Crippen molar-refractivity contribution in [3.63, 3.8) is 0 Å². The first-order valence-corrected chi connectivity index (χ1v) is 13.9. The van der Waals surface area contributed by atoms with Gasteiger partial charge in [-0.1, -0.05) is 48.5 Å². The van der Waals surface area contributed by atoms with Gasteiger partial charge >= 0.3 is 0 Å². The number of ether oxygens (including phenoxy) is 1. The van der Waals surface area contributed by atoms with E-state index in [0.29, 0.717) is 13.1 Å². The van der Waals surface area contributed by atoms with Crippen molar-refractivity contribution in [2.24, 2.45) is 0 Å². The van der Waals surface area contributed by atoms with E-state index in [1.807, 2.05) is 55.3 Å². The Morgan fingerprint density at radius 2 is 1.59 bits per heavy atom. The molecule has 1 fully saturated rings. The van der Waals surface area contributed by atoms with Crippen LogP contribution in [0, 0.1) is 0 Å². The molecule has 3 aromatic carbocycles. The number of methoxy groups -OCH3 is 1. The number of fused-ring (bicyclic) bond motifs is 1. The largest absolute Gasteiger partial charge is 0.497 e. The smallest absolute Gasteiger partial charge is 0.253 e. The van der Waals surface area contributed by atoms with E-state index in [-0.39, 0.29) is 11.9 Å². The highest BCUT2D eigenvalue weighted by molar-refractivity contribution is 5.94. The molecule has 1 aliphatic rings. The molecule has 0 N–H and O–H groups in total. The van der Waals surface area contributed by atoms with Gasteiger partial charge in [0.2, 0.25) is 0 Å². The number of hydrogen-bond acceptors (Lipinski definition) is 5. The summed E-state index contributed by atoms with van der Waals surface area (Å²) in [6.07, 6.45) is 1.88. The molecule has 39 heavy (non-hydrogen) atoms. The second-order valence-corrected chi connectivity index (χ2v) is 10.1. The maximum Gasteiger partial charge on any atom is 0.253 e. The molecule has 1 aliphatic heterocycles. The molecule has 6 heteroatoms. The van der Waals surface area contributed by atoms with E-state index in [1.165, 1.54) is 16.7 Å². The summed E-state index contributed by atoms with van der Waals surface area (Å²) in [4.78, 5) is 24.7. The molecule has 0 saturated carbocycles. The number of pyridine rings is 1. The van der Waals surface area contributed by atoms with Crippen LogP contribution in [-0.2, 0) is 6.54 Å². The molecule has 1 atom stereocenters. The third-order valence-corrected chi connectivity index (χ3v) is 7.82. The van der Waals surface area contributed by atoms with Gasteiger partial charge < -0.3 is 9.64 Å². The normalized spacial score (nSPS) is 15.3. The average Bonchev–Trinajstić information content (AvgIpc) is 2.99. The summed E-state index contributed by atoms with van der Waals surface area (Å²) in [6.45, 7) is 10.3. The van der Waals surface area contributed by atoms with Gasteiger partial charge in [-0.15, -0.1) is 0 Å². The van der Waals surface area contributed by atoms with Gasteiger partial charge in [0.15, 0.2) is 0 Å². The Hall–Kier alpha value is -3.74. The molecule has 0 spiro atoms. The van der Waals surface area contributed by atoms with Gasteiger partial charge in [-0.3, -0.25) is 19.6 Å². The Morgan fingerprint density at radius 1 is 0.897 bits per heavy atom. The van der Waals surface area contributed by atoms with Crippen molar-refractivity contribution in [1.82, 2.24) is 19.7 Å². The second-order valence-electron chi connectivity index (χ2n) is 10.1. The van der Waals surface area contributed by atoms with E-state index in [2.05, 4.69) is 58.3 Å². The second kappa shape index (κ2) is 12.4. The third-order valence-electron chi connectivity index (χ3n) is 7.82. The zero-order valence-electron chi connectivity index (χ0n) is 23.2. The summed E-state index contributed by atoms with van der Waals surface area (Å²) in [5.74, 6) is 0.974. The van der Waals surface area contributed by atoms with E-state index in [9.17, 15) is 4.79 Å². The molecule has 1 saturated heterocycles. The van der Waals surface area contributed by atoms with Crippen LogP contribution in [0.25, 0.3) is 10.9 Å². The van der Waals surface area contributed by atoms with Gasteiger partial charge in [0.25, 0.3) is 5.91 Å². The van der Waals surface area contributed by atoms with E-state index in [0.717, 1.165) is 54.9 Å². The van der Waals surface area contributed by atoms with Gasteiger partial charge in [-0.25, -0.2) is 0 Å². The predicted octanol–water partition coefficient (Wildman–Crippen LogP) is 5.63. The minimum absolute atomic E-state index is 0.0596. The van der Waals surface area contributed by atoms with Crippen molar-refractivity contribution >= 4 is 16.8 Å². The Labute approximate surface area is 231 Å². The van der Waals surface area contributed by atoms with Crippen LogP contribution in [0.3, 0.4) is 0 Å². The van der Waals surface area contributed by atoms with E-state index in [1.54, 1.807) is 7.11 Å². The molecule has 0 aliphatic carbocycles. The number of hydrogen-bond donors (Lipinski definition) is 0. The maximum absolute atomic E-state index is 12.9. The fraction of sp³-hybridized carbons (Fsp3) is 0.333. The van der Waals surface area contributed by atoms with Crippen LogP contribution in [0.2, 0.25) is 0 Å². The van der Waals surface area contributed by atoms with Crippen molar-refractivity contribution in [2.75, 3.05) is 46.4 Å². The minimum Gasteiger partial charge on any atom is -0.497 e. The Balaban J connectivity index is 1.40. The number of amides is 1. The molecule has 1 unspecified atom stereocenters. The van der Waals surface area contributed by atoms with E-state index < -0.39 is 0 Å². The Kier molecular flexibility index (Phi) is 8.54. The number of para-hydroxylation sites is 1. The van der Waals surface area contributed by atoms with Crippen molar-refractivity contribution in [1.29, 1.82) is 0 Å². The van der Waals surface area contributed by atoms with Crippen LogP contribution < -0.4 is 4.74 Å². The monoisotopic (exact) mass is 522 g/mol. The fourth-order valence-electron chi connectivity index (χ4n) is 5.61. The fourth-order valence-corrected chi connectivity index (χ4v) is 5.61. The molecular formula is C33H38N4O2. The van der Waals surface area contributed by atoms with Crippen LogP contribution in [-0.4, -0.2) is 72.0 Å². The molecule has 2 heterocycles. The van der Waals surface area contributed by atoms with Gasteiger partial charge in [0, 0.05) is 68.5 Å². The first kappa shape index (κ1) is 26.9. The molecule has 0 bridgehead atoms. The molecule has 1 amide bonds. The Morgan fingerprint density at radius 3 is 2.26 bits per heavy atom. The number of carbonyl (C=O) groups is 1. The van der Waals surface area contributed by atoms with Gasteiger partial charge in [0.1, 0.15) is 5.75 Å².